The van der Waals surface area contributed by atoms with Crippen molar-refractivity contribution in [2.75, 3.05) is 0 Å². The highest BCUT2D eigenvalue weighted by Gasteiger charge is 2.22. The van der Waals surface area contributed by atoms with Crippen LogP contribution in [0.4, 0.5) is 0 Å². The number of para-hydroxylation sites is 2. The Hall–Kier alpha value is -2.61. The third kappa shape index (κ3) is 2.72. The Morgan fingerprint density at radius 3 is 2.56 bits per heavy atom. The van der Waals surface area contributed by atoms with Gasteiger partial charge in [-0.2, -0.15) is 0 Å². The van der Waals surface area contributed by atoms with Crippen molar-refractivity contribution in [2.45, 2.75) is 33.6 Å². The van der Waals surface area contributed by atoms with Crippen LogP contribution >= 0.6 is 0 Å². The van der Waals surface area contributed by atoms with Crippen LogP contribution in [-0.4, -0.2) is 4.98 Å². The van der Waals surface area contributed by atoms with Crippen molar-refractivity contribution < 1.29 is 5.79 Å². The summed E-state index contributed by atoms with van der Waals surface area (Å²) in [6.45, 7) is 8.26. The lowest BCUT2D eigenvalue weighted by molar-refractivity contribution is 0.339. The Morgan fingerprint density at radius 2 is 1.76 bits per heavy atom. The Kier molecular flexibility index (Phi) is 3.37. The molecule has 4 rings (SSSR count). The summed E-state index contributed by atoms with van der Waals surface area (Å²) < 4.78 is 15.0. The van der Waals surface area contributed by atoms with Crippen molar-refractivity contribution in [3.63, 3.8) is 0 Å². The van der Waals surface area contributed by atoms with Crippen LogP contribution in [0.3, 0.4) is 0 Å². The fraction of sp³-hybridized carbons (Fsp3) is 0.261. The number of hydrogen-bond donors (Lipinski definition) is 0. The van der Waals surface area contributed by atoms with Crippen molar-refractivity contribution in [1.82, 2.24) is 4.98 Å². The summed E-state index contributed by atoms with van der Waals surface area (Å²) in [5, 5.41) is 2.20. The summed E-state index contributed by atoms with van der Waals surface area (Å²) in [7, 11) is 0. The number of pyridine rings is 1. The second kappa shape index (κ2) is 5.73. The smallest absolute Gasteiger partial charge is 0.144 e. The van der Waals surface area contributed by atoms with Gasteiger partial charge in [0, 0.05) is 23.9 Å². The standard InChI is InChI=1S/C23H23NO/c1-15(23(2,3)4)16-12-13-24-20(14-16)19-10-7-9-18-17-8-5-6-11-21(17)25-22(18)19/h5-15H,1-4H3/i15D. The van der Waals surface area contributed by atoms with E-state index in [4.69, 9.17) is 5.79 Å². The quantitative estimate of drug-likeness (QED) is 0.404. The molecule has 0 aliphatic carbocycles. The van der Waals surface area contributed by atoms with Gasteiger partial charge < -0.3 is 4.42 Å². The van der Waals surface area contributed by atoms with Crippen molar-refractivity contribution in [1.29, 1.82) is 0 Å². The predicted octanol–water partition coefficient (Wildman–Crippen LogP) is 6.80. The van der Waals surface area contributed by atoms with Gasteiger partial charge in [-0.1, -0.05) is 58.0 Å². The zero-order valence-corrected chi connectivity index (χ0v) is 15.1. The Morgan fingerprint density at radius 1 is 1.00 bits per heavy atom. The number of rotatable bonds is 2. The van der Waals surface area contributed by atoms with E-state index in [0.29, 0.717) is 0 Å². The fourth-order valence-corrected chi connectivity index (χ4v) is 3.19. The number of hydrogen-bond acceptors (Lipinski definition) is 2. The van der Waals surface area contributed by atoms with Crippen molar-refractivity contribution in [3.8, 4) is 11.3 Å². The molecule has 2 heteroatoms. The Balaban J connectivity index is 1.93. The first-order chi connectivity index (χ1) is 12.3. The van der Waals surface area contributed by atoms with Gasteiger partial charge in [-0.15, -0.1) is 0 Å². The molecule has 0 amide bonds. The molecule has 2 aromatic carbocycles. The van der Waals surface area contributed by atoms with E-state index >= 15 is 0 Å². The van der Waals surface area contributed by atoms with Crippen LogP contribution in [0.2, 0.25) is 0 Å². The van der Waals surface area contributed by atoms with E-state index in [9.17, 15) is 0 Å². The molecule has 1 unspecified atom stereocenters. The lowest BCUT2D eigenvalue weighted by Crippen LogP contribution is -2.15. The minimum Gasteiger partial charge on any atom is -0.455 e. The van der Waals surface area contributed by atoms with E-state index in [0.717, 1.165) is 38.8 Å². The fourth-order valence-electron chi connectivity index (χ4n) is 3.19. The van der Waals surface area contributed by atoms with Crippen LogP contribution in [0.1, 0.15) is 40.5 Å². The minimum absolute atomic E-state index is 0.184. The van der Waals surface area contributed by atoms with Crippen LogP contribution in [-0.2, 0) is 0 Å². The predicted molar refractivity (Wildman–Crippen MR) is 105 cm³/mol. The average Bonchev–Trinajstić information content (AvgIpc) is 2.99. The molecular formula is C23H23NO. The third-order valence-corrected chi connectivity index (χ3v) is 5.00. The van der Waals surface area contributed by atoms with Gasteiger partial charge in [-0.3, -0.25) is 4.98 Å². The molecule has 4 aromatic rings. The topological polar surface area (TPSA) is 26.0 Å². The van der Waals surface area contributed by atoms with E-state index in [1.54, 1.807) is 6.20 Å². The SMILES string of the molecule is [2H]C(C)(c1ccnc(-c2cccc3c2oc2ccccc23)c1)C(C)(C)C. The molecular weight excluding hydrogens is 306 g/mol. The lowest BCUT2D eigenvalue weighted by Gasteiger charge is -2.27. The molecule has 0 saturated carbocycles. The second-order valence-corrected chi connectivity index (χ2v) is 7.59. The number of benzene rings is 2. The number of nitrogens with zero attached hydrogens (tertiary/aromatic N) is 1. The summed E-state index contributed by atoms with van der Waals surface area (Å²) in [5.41, 5.74) is 4.31. The van der Waals surface area contributed by atoms with Crippen molar-refractivity contribution in [3.05, 3.63) is 66.4 Å². The largest absolute Gasteiger partial charge is 0.455 e. The van der Waals surface area contributed by atoms with Gasteiger partial charge in [0.2, 0.25) is 0 Å². The van der Waals surface area contributed by atoms with Gasteiger partial charge in [0.25, 0.3) is 0 Å². The third-order valence-electron chi connectivity index (χ3n) is 5.00. The van der Waals surface area contributed by atoms with Gasteiger partial charge in [0.05, 0.1) is 5.69 Å². The highest BCUT2D eigenvalue weighted by molar-refractivity contribution is 6.09. The highest BCUT2D eigenvalue weighted by Crippen LogP contribution is 2.38. The van der Waals surface area contributed by atoms with Crippen LogP contribution in [0.5, 0.6) is 0 Å². The summed E-state index contributed by atoms with van der Waals surface area (Å²) in [6.07, 6.45) is 1.80. The Bertz CT molecular complexity index is 1100. The summed E-state index contributed by atoms with van der Waals surface area (Å²) in [4.78, 5) is 4.58. The van der Waals surface area contributed by atoms with Crippen LogP contribution in [0.25, 0.3) is 33.2 Å². The maximum atomic E-state index is 8.88. The van der Waals surface area contributed by atoms with E-state index in [1.165, 1.54) is 0 Å². The van der Waals surface area contributed by atoms with Crippen LogP contribution in [0.15, 0.2) is 65.2 Å². The molecule has 0 N–H and O–H groups in total. The minimum atomic E-state index is -0.716. The first kappa shape index (κ1) is 14.7. The molecule has 0 bridgehead atoms. The molecule has 0 spiro atoms. The maximum Gasteiger partial charge on any atom is 0.144 e. The maximum absolute atomic E-state index is 8.88. The summed E-state index contributed by atoms with van der Waals surface area (Å²) >= 11 is 0. The van der Waals surface area contributed by atoms with Gasteiger partial charge in [0.15, 0.2) is 0 Å². The van der Waals surface area contributed by atoms with Crippen molar-refractivity contribution >= 4 is 21.9 Å². The van der Waals surface area contributed by atoms with Gasteiger partial charge >= 0.3 is 0 Å². The van der Waals surface area contributed by atoms with E-state index in [2.05, 4.69) is 37.9 Å². The van der Waals surface area contributed by atoms with E-state index < -0.39 is 5.89 Å². The van der Waals surface area contributed by atoms with Crippen LogP contribution in [0, 0.1) is 5.41 Å². The van der Waals surface area contributed by atoms with Crippen molar-refractivity contribution in [2.24, 2.45) is 5.41 Å². The van der Waals surface area contributed by atoms with Gasteiger partial charge in [-0.05, 0) is 41.1 Å². The van der Waals surface area contributed by atoms with Crippen LogP contribution < -0.4 is 0 Å². The molecule has 2 nitrogen and oxygen atoms in total. The first-order valence-electron chi connectivity index (χ1n) is 9.16. The van der Waals surface area contributed by atoms with E-state index in [-0.39, 0.29) is 5.41 Å². The molecule has 0 radical (unpaired) electrons. The average molecular weight is 330 g/mol. The molecule has 25 heavy (non-hydrogen) atoms. The summed E-state index contributed by atoms with van der Waals surface area (Å²) in [6, 6.07) is 18.2. The molecule has 0 aliphatic heterocycles. The van der Waals surface area contributed by atoms with Gasteiger partial charge in [-0.25, -0.2) is 0 Å². The number of fused-ring (bicyclic) bond motifs is 3. The molecule has 2 heterocycles. The molecule has 1 atom stereocenters. The summed E-state index contributed by atoms with van der Waals surface area (Å²) in [5.74, 6) is -0.716. The monoisotopic (exact) mass is 330 g/mol. The lowest BCUT2D eigenvalue weighted by atomic mass is 9.78. The number of aromatic nitrogens is 1. The zero-order valence-electron chi connectivity index (χ0n) is 16.1. The molecule has 0 aliphatic rings. The van der Waals surface area contributed by atoms with Gasteiger partial charge in [0.1, 0.15) is 11.2 Å². The molecule has 2 aromatic heterocycles. The highest BCUT2D eigenvalue weighted by atomic mass is 16.3. The zero-order chi connectivity index (χ0) is 18.5. The second-order valence-electron chi connectivity index (χ2n) is 7.59. The Labute approximate surface area is 149 Å². The molecule has 0 fully saturated rings. The number of furan rings is 1. The normalized spacial score (nSPS) is 15.3. The molecule has 0 saturated heterocycles. The first-order valence-corrected chi connectivity index (χ1v) is 8.66. The molecule has 126 valence electrons. The van der Waals surface area contributed by atoms with E-state index in [1.807, 2.05) is 49.4 Å².